The van der Waals surface area contributed by atoms with Gasteiger partial charge in [-0.05, 0) is 12.5 Å². The number of hydrogen-bond acceptors (Lipinski definition) is 2. The molecular formula is C12H11NO. The minimum Gasteiger partial charge on any atom is -0.493 e. The van der Waals surface area contributed by atoms with E-state index in [1.165, 1.54) is 11.6 Å². The van der Waals surface area contributed by atoms with Gasteiger partial charge in [0.15, 0.2) is 0 Å². The largest absolute Gasteiger partial charge is 0.493 e. The summed E-state index contributed by atoms with van der Waals surface area (Å²) < 4.78 is 5.52. The molecule has 0 fully saturated rings. The highest BCUT2D eigenvalue weighted by Crippen LogP contribution is 2.35. The molecule has 2 heteroatoms. The number of ether oxygens (including phenoxy) is 1. The fourth-order valence-electron chi connectivity index (χ4n) is 1.71. The van der Waals surface area contributed by atoms with E-state index in [-0.39, 0.29) is 0 Å². The molecule has 1 atom stereocenters. The second-order valence-corrected chi connectivity index (χ2v) is 3.31. The second-order valence-electron chi connectivity index (χ2n) is 3.31. The Kier molecular flexibility index (Phi) is 2.51. The monoisotopic (exact) mass is 185 g/mol. The summed E-state index contributed by atoms with van der Waals surface area (Å²) in [6.45, 7) is 0.731. The third-order valence-electron chi connectivity index (χ3n) is 2.41. The lowest BCUT2D eigenvalue weighted by molar-refractivity contribution is 0.331. The Hall–Kier alpha value is -1.75. The van der Waals surface area contributed by atoms with Crippen LogP contribution >= 0.6 is 0 Å². The summed E-state index contributed by atoms with van der Waals surface area (Å²) >= 11 is 0. The van der Waals surface area contributed by atoms with Crippen molar-refractivity contribution in [1.29, 1.82) is 5.26 Å². The van der Waals surface area contributed by atoms with Crippen molar-refractivity contribution in [2.75, 3.05) is 6.61 Å². The predicted molar refractivity (Wildman–Crippen MR) is 54.0 cm³/mol. The second kappa shape index (κ2) is 3.97. The molecule has 0 N–H and O–H groups in total. The Morgan fingerprint density at radius 2 is 2.36 bits per heavy atom. The van der Waals surface area contributed by atoms with Crippen LogP contribution in [0.25, 0.3) is 0 Å². The molecule has 1 aromatic carbocycles. The van der Waals surface area contributed by atoms with Crippen LogP contribution in [-0.4, -0.2) is 6.61 Å². The van der Waals surface area contributed by atoms with Crippen LogP contribution in [-0.2, 0) is 0 Å². The number of nitrogens with zero attached hydrogens (tertiary/aromatic N) is 1. The van der Waals surface area contributed by atoms with Gasteiger partial charge in [0, 0.05) is 17.6 Å². The van der Waals surface area contributed by atoms with E-state index in [4.69, 9.17) is 10.00 Å². The van der Waals surface area contributed by atoms with E-state index in [1.807, 2.05) is 30.3 Å². The molecule has 1 heterocycles. The van der Waals surface area contributed by atoms with Crippen LogP contribution < -0.4 is 4.74 Å². The first-order valence-corrected chi connectivity index (χ1v) is 4.68. The maximum Gasteiger partial charge on any atom is 0.122 e. The minimum atomic E-state index is 0.413. The van der Waals surface area contributed by atoms with Gasteiger partial charge in [-0.3, -0.25) is 0 Å². The van der Waals surface area contributed by atoms with Crippen LogP contribution in [0.2, 0.25) is 0 Å². The van der Waals surface area contributed by atoms with Crippen LogP contribution in [0.5, 0.6) is 5.75 Å². The van der Waals surface area contributed by atoms with Crippen molar-refractivity contribution in [1.82, 2.24) is 0 Å². The summed E-state index contributed by atoms with van der Waals surface area (Å²) in [4.78, 5) is 0. The third kappa shape index (κ3) is 1.62. The van der Waals surface area contributed by atoms with Gasteiger partial charge < -0.3 is 4.74 Å². The van der Waals surface area contributed by atoms with Gasteiger partial charge in [-0.25, -0.2) is 0 Å². The molecule has 1 aliphatic heterocycles. The maximum atomic E-state index is 8.37. The number of para-hydroxylation sites is 1. The molecule has 0 saturated carbocycles. The van der Waals surface area contributed by atoms with Crippen molar-refractivity contribution in [3.8, 4) is 11.8 Å². The van der Waals surface area contributed by atoms with E-state index in [2.05, 4.69) is 6.07 Å². The topological polar surface area (TPSA) is 33.0 Å². The molecule has 1 unspecified atom stereocenters. The van der Waals surface area contributed by atoms with Crippen LogP contribution in [0.1, 0.15) is 17.9 Å². The summed E-state index contributed by atoms with van der Waals surface area (Å²) in [6, 6.07) is 10.1. The zero-order valence-corrected chi connectivity index (χ0v) is 7.81. The summed E-state index contributed by atoms with van der Waals surface area (Å²) in [5.41, 5.74) is 1.26. The minimum absolute atomic E-state index is 0.413. The summed E-state index contributed by atoms with van der Waals surface area (Å²) in [5, 5.41) is 8.37. The predicted octanol–water partition coefficient (Wildman–Crippen LogP) is 2.63. The average molecular weight is 185 g/mol. The van der Waals surface area contributed by atoms with Gasteiger partial charge in [-0.2, -0.15) is 5.26 Å². The standard InChI is InChI=1S/C12H11NO/c13-8-4-3-5-10-9-14-12-7-2-1-6-11(10)12/h1-4,6-7,10H,5,9H2/b4-3+. The van der Waals surface area contributed by atoms with E-state index < -0.39 is 0 Å². The number of allylic oxidation sites excluding steroid dienone is 2. The molecule has 0 aromatic heterocycles. The van der Waals surface area contributed by atoms with E-state index in [9.17, 15) is 0 Å². The van der Waals surface area contributed by atoms with Gasteiger partial charge in [-0.1, -0.05) is 24.3 Å². The van der Waals surface area contributed by atoms with Gasteiger partial charge in [-0.15, -0.1) is 0 Å². The lowest BCUT2D eigenvalue weighted by Gasteiger charge is -2.03. The lowest BCUT2D eigenvalue weighted by atomic mass is 9.98. The quantitative estimate of drug-likeness (QED) is 0.663. The molecule has 2 rings (SSSR count). The lowest BCUT2D eigenvalue weighted by Crippen LogP contribution is -1.98. The Labute approximate surface area is 83.4 Å². The van der Waals surface area contributed by atoms with Crippen molar-refractivity contribution in [3.05, 3.63) is 42.0 Å². The molecule has 0 bridgehead atoms. The highest BCUT2D eigenvalue weighted by atomic mass is 16.5. The van der Waals surface area contributed by atoms with Crippen LogP contribution in [0.4, 0.5) is 0 Å². The van der Waals surface area contributed by atoms with Crippen molar-refractivity contribution < 1.29 is 4.74 Å². The van der Waals surface area contributed by atoms with Crippen LogP contribution in [0.3, 0.4) is 0 Å². The zero-order valence-electron chi connectivity index (χ0n) is 7.81. The molecule has 0 radical (unpaired) electrons. The molecule has 14 heavy (non-hydrogen) atoms. The van der Waals surface area contributed by atoms with Crippen molar-refractivity contribution in [2.45, 2.75) is 12.3 Å². The Morgan fingerprint density at radius 1 is 1.50 bits per heavy atom. The van der Waals surface area contributed by atoms with Gasteiger partial charge in [0.25, 0.3) is 0 Å². The molecule has 0 amide bonds. The van der Waals surface area contributed by atoms with E-state index in [1.54, 1.807) is 0 Å². The number of hydrogen-bond donors (Lipinski definition) is 0. The van der Waals surface area contributed by atoms with E-state index >= 15 is 0 Å². The Bertz CT molecular complexity index is 390. The highest BCUT2D eigenvalue weighted by Gasteiger charge is 2.21. The Morgan fingerprint density at radius 3 is 3.21 bits per heavy atom. The van der Waals surface area contributed by atoms with Gasteiger partial charge in [0.1, 0.15) is 5.75 Å². The molecule has 0 saturated heterocycles. The van der Waals surface area contributed by atoms with E-state index in [0.717, 1.165) is 18.8 Å². The molecule has 70 valence electrons. The molecule has 1 aliphatic rings. The molecule has 1 aromatic rings. The molecule has 2 nitrogen and oxygen atoms in total. The fourth-order valence-corrected chi connectivity index (χ4v) is 1.71. The smallest absolute Gasteiger partial charge is 0.122 e. The fraction of sp³-hybridized carbons (Fsp3) is 0.250. The number of benzene rings is 1. The SMILES string of the molecule is N#C/C=C/CC1COc2ccccc21. The summed E-state index contributed by atoms with van der Waals surface area (Å²) in [7, 11) is 0. The number of nitriles is 1. The molecular weight excluding hydrogens is 174 g/mol. The number of rotatable bonds is 2. The zero-order chi connectivity index (χ0) is 9.80. The maximum absolute atomic E-state index is 8.37. The third-order valence-corrected chi connectivity index (χ3v) is 2.41. The van der Waals surface area contributed by atoms with Crippen molar-refractivity contribution in [3.63, 3.8) is 0 Å². The summed E-state index contributed by atoms with van der Waals surface area (Å²) in [6.07, 6.45) is 4.31. The molecule has 0 aliphatic carbocycles. The highest BCUT2D eigenvalue weighted by molar-refractivity contribution is 5.39. The first-order valence-electron chi connectivity index (χ1n) is 4.68. The average Bonchev–Trinajstić information content (AvgIpc) is 2.63. The van der Waals surface area contributed by atoms with Crippen molar-refractivity contribution in [2.24, 2.45) is 0 Å². The van der Waals surface area contributed by atoms with Crippen molar-refractivity contribution >= 4 is 0 Å². The number of fused-ring (bicyclic) bond motifs is 1. The Balaban J connectivity index is 2.11. The first kappa shape index (κ1) is 8.83. The first-order chi connectivity index (χ1) is 6.92. The normalized spacial score (nSPS) is 18.9. The van der Waals surface area contributed by atoms with Crippen LogP contribution in [0, 0.1) is 11.3 Å². The van der Waals surface area contributed by atoms with Gasteiger partial charge in [0.05, 0.1) is 12.7 Å². The summed E-state index contributed by atoms with van der Waals surface area (Å²) in [5.74, 6) is 1.40. The van der Waals surface area contributed by atoms with E-state index in [0.29, 0.717) is 5.92 Å². The van der Waals surface area contributed by atoms with Crippen LogP contribution in [0.15, 0.2) is 36.4 Å². The van der Waals surface area contributed by atoms with Gasteiger partial charge in [0.2, 0.25) is 0 Å². The molecule has 0 spiro atoms. The van der Waals surface area contributed by atoms with Gasteiger partial charge >= 0.3 is 0 Å².